The Morgan fingerprint density at radius 1 is 0.703 bits per heavy atom. The highest BCUT2D eigenvalue weighted by molar-refractivity contribution is 7.90. The summed E-state index contributed by atoms with van der Waals surface area (Å²) in [4.78, 5) is 14.1. The van der Waals surface area contributed by atoms with E-state index in [-0.39, 0.29) is 67.4 Å². The second-order valence-electron chi connectivity index (χ2n) is 16.3. The van der Waals surface area contributed by atoms with Crippen molar-refractivity contribution in [1.82, 2.24) is 18.2 Å². The van der Waals surface area contributed by atoms with Gasteiger partial charge in [0.25, 0.3) is 20.0 Å². The molecule has 2 aliphatic heterocycles. The molecule has 17 heteroatoms. The third-order valence-electron chi connectivity index (χ3n) is 10.7. The molecular formula is C47H45ClF2N6O6S2. The van der Waals surface area contributed by atoms with Crippen LogP contribution in [0, 0.1) is 48.1 Å². The van der Waals surface area contributed by atoms with Crippen molar-refractivity contribution >= 4 is 71.5 Å². The molecule has 4 heterocycles. The summed E-state index contributed by atoms with van der Waals surface area (Å²) < 4.78 is 91.7. The van der Waals surface area contributed by atoms with Gasteiger partial charge in [0.15, 0.2) is 0 Å². The number of hydrogen-bond donors (Lipinski definition) is 1. The summed E-state index contributed by atoms with van der Waals surface area (Å²) in [5, 5.41) is 22.6. The number of fused-ring (bicyclic) bond motifs is 2. The molecule has 6 aromatic rings. The second-order valence-corrected chi connectivity index (χ2v) is 19.8. The van der Waals surface area contributed by atoms with Crippen LogP contribution in [0.1, 0.15) is 67.3 Å². The fourth-order valence-electron chi connectivity index (χ4n) is 7.52. The van der Waals surface area contributed by atoms with Gasteiger partial charge in [-0.25, -0.2) is 38.4 Å². The average molecular weight is 927 g/mol. The van der Waals surface area contributed by atoms with E-state index in [1.54, 1.807) is 51.1 Å². The van der Waals surface area contributed by atoms with Gasteiger partial charge in [0.2, 0.25) is 0 Å². The van der Waals surface area contributed by atoms with Crippen molar-refractivity contribution in [3.63, 3.8) is 0 Å². The minimum Gasteiger partial charge on any atom is -0.444 e. The average Bonchev–Trinajstić information content (AvgIpc) is 3.88. The van der Waals surface area contributed by atoms with E-state index < -0.39 is 43.4 Å². The molecule has 0 spiro atoms. The van der Waals surface area contributed by atoms with Crippen LogP contribution in [0.5, 0.6) is 0 Å². The zero-order valence-corrected chi connectivity index (χ0v) is 38.1. The monoisotopic (exact) mass is 926 g/mol. The number of aromatic nitrogens is 2. The number of nitrogens with zero attached hydrogens (tertiary/aromatic N) is 5. The molecule has 0 aliphatic carbocycles. The van der Waals surface area contributed by atoms with Crippen LogP contribution in [0.25, 0.3) is 33.0 Å². The summed E-state index contributed by atoms with van der Waals surface area (Å²) in [5.74, 6) is -1.17. The first-order valence-electron chi connectivity index (χ1n) is 20.1. The Morgan fingerprint density at radius 3 is 1.53 bits per heavy atom. The Labute approximate surface area is 377 Å². The standard InChI is InChI=1S/C26H26FN3O4S.C21H18FN3O2S.ClH/c1-17-5-8-20(9-6-17)35(32,33)30-23(15-21-22(27)10-7-19(16-28)24(21)30)18-11-13-29(14-12-18)25(31)34-26(2,3)4;1-14-2-5-17(6-3-14)28(26,27)25-20(15-8-10-24-11-9-15)12-18-19(22)7-4-16(13-23)21(18)25;/h5-11,15H,12-14H2,1-4H3;2-8,12,24H,9-11H2,1H3;1H. The quantitative estimate of drug-likeness (QED) is 0.171. The number of benzene rings is 4. The fraction of sp³-hybridized carbons (Fsp3) is 0.255. The molecule has 0 radical (unpaired) electrons. The normalized spacial score (nSPS) is 14.4. The van der Waals surface area contributed by atoms with Crippen LogP contribution < -0.4 is 5.32 Å². The van der Waals surface area contributed by atoms with Crippen LogP contribution in [-0.4, -0.2) is 67.6 Å². The summed E-state index contributed by atoms with van der Waals surface area (Å²) in [5.41, 5.74) is 3.56. The van der Waals surface area contributed by atoms with Gasteiger partial charge in [-0.3, -0.25) is 0 Å². The van der Waals surface area contributed by atoms with Crippen molar-refractivity contribution in [2.45, 2.75) is 62.9 Å². The Hall–Kier alpha value is -6.30. The van der Waals surface area contributed by atoms with E-state index in [1.807, 2.05) is 32.1 Å². The molecule has 12 nitrogen and oxygen atoms in total. The van der Waals surface area contributed by atoms with Crippen LogP contribution >= 0.6 is 12.4 Å². The summed E-state index contributed by atoms with van der Waals surface area (Å²) >= 11 is 0. The lowest BCUT2D eigenvalue weighted by molar-refractivity contribution is 0.0270. The Bertz CT molecular complexity index is 3180. The first kappa shape index (κ1) is 47.2. The molecule has 0 bridgehead atoms. The van der Waals surface area contributed by atoms with Crippen molar-refractivity contribution < 1.29 is 35.1 Å². The van der Waals surface area contributed by atoms with Gasteiger partial charge in [-0.1, -0.05) is 47.5 Å². The van der Waals surface area contributed by atoms with Crippen LogP contribution in [0.2, 0.25) is 0 Å². The largest absolute Gasteiger partial charge is 0.444 e. The van der Waals surface area contributed by atoms with Gasteiger partial charge in [-0.15, -0.1) is 12.4 Å². The predicted octanol–water partition coefficient (Wildman–Crippen LogP) is 9.22. The maximum Gasteiger partial charge on any atom is 0.410 e. The molecule has 2 aromatic heterocycles. The number of hydrogen-bond acceptors (Lipinski definition) is 9. The summed E-state index contributed by atoms with van der Waals surface area (Å²) in [6.07, 6.45) is 4.14. The van der Waals surface area contributed by atoms with Crippen LogP contribution in [0.4, 0.5) is 13.6 Å². The van der Waals surface area contributed by atoms with Crippen molar-refractivity contribution in [2.75, 3.05) is 26.2 Å². The van der Waals surface area contributed by atoms with Gasteiger partial charge < -0.3 is 15.0 Å². The molecule has 64 heavy (non-hydrogen) atoms. The molecule has 1 amide bonds. The first-order valence-corrected chi connectivity index (χ1v) is 22.9. The van der Waals surface area contributed by atoms with Crippen molar-refractivity contribution in [3.05, 3.63) is 142 Å². The number of aryl methyl sites for hydroxylation is 2. The fourth-order valence-corrected chi connectivity index (χ4v) is 10.6. The molecule has 8 rings (SSSR count). The lowest BCUT2D eigenvalue weighted by Crippen LogP contribution is -2.39. The van der Waals surface area contributed by atoms with E-state index in [4.69, 9.17) is 4.74 Å². The Balaban J connectivity index is 0.000000214. The van der Waals surface area contributed by atoms with E-state index >= 15 is 0 Å². The maximum atomic E-state index is 14.8. The molecule has 0 saturated carbocycles. The highest BCUT2D eigenvalue weighted by atomic mass is 35.5. The Morgan fingerprint density at radius 2 is 1.16 bits per heavy atom. The van der Waals surface area contributed by atoms with E-state index in [1.165, 1.54) is 59.5 Å². The van der Waals surface area contributed by atoms with Gasteiger partial charge in [0.05, 0.1) is 43.3 Å². The van der Waals surface area contributed by atoms with E-state index in [0.29, 0.717) is 43.7 Å². The number of halogens is 3. The van der Waals surface area contributed by atoms with Gasteiger partial charge >= 0.3 is 6.09 Å². The van der Waals surface area contributed by atoms with E-state index in [2.05, 4.69) is 5.32 Å². The smallest absolute Gasteiger partial charge is 0.410 e. The lowest BCUT2D eigenvalue weighted by atomic mass is 10.0. The highest BCUT2D eigenvalue weighted by Crippen LogP contribution is 2.37. The molecule has 0 unspecified atom stereocenters. The summed E-state index contributed by atoms with van der Waals surface area (Å²) in [6, 6.07) is 24.8. The number of nitriles is 2. The van der Waals surface area contributed by atoms with Gasteiger partial charge in [0.1, 0.15) is 29.4 Å². The molecular weight excluding hydrogens is 882 g/mol. The van der Waals surface area contributed by atoms with Crippen molar-refractivity contribution in [2.24, 2.45) is 0 Å². The van der Waals surface area contributed by atoms with Gasteiger partial charge in [-0.2, -0.15) is 10.5 Å². The molecule has 0 atom stereocenters. The number of rotatable bonds is 6. The number of carbonyl (C=O) groups is 1. The molecule has 4 aromatic carbocycles. The summed E-state index contributed by atoms with van der Waals surface area (Å²) in [7, 11) is -8.20. The molecule has 0 fully saturated rings. The molecule has 1 N–H and O–H groups in total. The van der Waals surface area contributed by atoms with Crippen LogP contribution in [0.15, 0.2) is 107 Å². The first-order chi connectivity index (χ1) is 29.8. The van der Waals surface area contributed by atoms with E-state index in [9.17, 15) is 40.9 Å². The number of carbonyl (C=O) groups excluding carboxylic acids is 1. The minimum absolute atomic E-state index is 0. The Kier molecular flexibility index (Phi) is 13.6. The second kappa shape index (κ2) is 18.4. The molecule has 2 aliphatic rings. The number of nitrogens with one attached hydrogen (secondary N) is 1. The SMILES string of the molecule is Cc1ccc(S(=O)(=O)n2c(C3=CCN(C(=O)OC(C)(C)C)CC3)cc3c(F)ccc(C#N)c32)cc1.Cc1ccc(S(=O)(=O)n2c(C3=CCNCC3)cc3c(F)ccc(C#N)c32)cc1.Cl. The topological polar surface area (TPSA) is 167 Å². The maximum absolute atomic E-state index is 14.8. The third-order valence-corrected chi connectivity index (χ3v) is 14.1. The molecule has 0 saturated heterocycles. The lowest BCUT2D eigenvalue weighted by Gasteiger charge is -2.29. The van der Waals surface area contributed by atoms with Gasteiger partial charge in [0, 0.05) is 30.4 Å². The predicted molar refractivity (Wildman–Crippen MR) is 244 cm³/mol. The highest BCUT2D eigenvalue weighted by Gasteiger charge is 2.31. The zero-order valence-electron chi connectivity index (χ0n) is 35.6. The van der Waals surface area contributed by atoms with E-state index in [0.717, 1.165) is 30.7 Å². The van der Waals surface area contributed by atoms with Crippen molar-refractivity contribution in [1.29, 1.82) is 10.5 Å². The number of amides is 1. The van der Waals surface area contributed by atoms with Crippen LogP contribution in [-0.2, 0) is 24.8 Å². The van der Waals surface area contributed by atoms with Crippen LogP contribution in [0.3, 0.4) is 0 Å². The van der Waals surface area contributed by atoms with Crippen molar-refractivity contribution in [3.8, 4) is 12.1 Å². The minimum atomic E-state index is -4.17. The summed E-state index contributed by atoms with van der Waals surface area (Å²) in [6.45, 7) is 10.9. The zero-order chi connectivity index (χ0) is 45.4. The molecule has 332 valence electrons. The number of ether oxygens (including phenoxy) is 1. The van der Waals surface area contributed by atoms with Gasteiger partial charge in [-0.05, 0) is 126 Å². The third kappa shape index (κ3) is 9.19.